The molecular weight excluding hydrogens is 254 g/mol. The number of halogens is 2. The quantitative estimate of drug-likeness (QED) is 0.741. The zero-order valence-corrected chi connectivity index (χ0v) is 10.8. The maximum Gasteiger partial charge on any atom is 0.238 e. The van der Waals surface area contributed by atoms with Crippen molar-refractivity contribution in [1.29, 1.82) is 0 Å². The predicted octanol–water partition coefficient (Wildman–Crippen LogP) is 1.61. The van der Waals surface area contributed by atoms with Gasteiger partial charge in [0.15, 0.2) is 0 Å². The molecule has 0 spiro atoms. The lowest BCUT2D eigenvalue weighted by atomic mass is 10.3. The molecule has 0 radical (unpaired) electrons. The van der Waals surface area contributed by atoms with E-state index in [0.29, 0.717) is 13.0 Å². The summed E-state index contributed by atoms with van der Waals surface area (Å²) in [7, 11) is 1.77. The van der Waals surface area contributed by atoms with Gasteiger partial charge in [0.05, 0.1) is 6.54 Å². The smallest absolute Gasteiger partial charge is 0.238 e. The lowest BCUT2D eigenvalue weighted by molar-refractivity contribution is -0.117. The van der Waals surface area contributed by atoms with Crippen molar-refractivity contribution in [2.45, 2.75) is 12.8 Å². The maximum absolute atomic E-state index is 12.9. The van der Waals surface area contributed by atoms with E-state index in [1.807, 2.05) is 0 Å². The Labute approximate surface area is 111 Å². The van der Waals surface area contributed by atoms with Crippen molar-refractivity contribution >= 4 is 11.6 Å². The summed E-state index contributed by atoms with van der Waals surface area (Å²) >= 11 is 0. The van der Waals surface area contributed by atoms with Crippen molar-refractivity contribution in [3.8, 4) is 0 Å². The number of nitrogens with zero attached hydrogens (tertiary/aromatic N) is 1. The van der Waals surface area contributed by atoms with Crippen molar-refractivity contribution in [2.75, 3.05) is 32.1 Å². The van der Waals surface area contributed by atoms with Crippen molar-refractivity contribution in [2.24, 2.45) is 0 Å². The number of benzene rings is 1. The standard InChI is InChI=1S/C13H18F2N2O2/c1-17(4-2-3-5-18)9-13(19)16-12-7-10(14)6-11(15)8-12/h6-8,18H,2-5,9H2,1H3,(H,16,19). The average Bonchev–Trinajstić information content (AvgIpc) is 2.27. The number of rotatable bonds is 7. The lowest BCUT2D eigenvalue weighted by Gasteiger charge is -2.15. The number of carbonyl (C=O) groups is 1. The molecule has 0 heterocycles. The SMILES string of the molecule is CN(CCCCO)CC(=O)Nc1cc(F)cc(F)c1. The summed E-state index contributed by atoms with van der Waals surface area (Å²) in [5, 5.41) is 11.1. The fourth-order valence-electron chi connectivity index (χ4n) is 1.64. The number of aliphatic hydroxyl groups is 1. The minimum absolute atomic E-state index is 0.103. The van der Waals surface area contributed by atoms with Gasteiger partial charge in [0.25, 0.3) is 0 Å². The number of likely N-dealkylation sites (N-methyl/N-ethyl adjacent to an activating group) is 1. The number of amides is 1. The van der Waals surface area contributed by atoms with Crippen LogP contribution in [0.3, 0.4) is 0 Å². The summed E-state index contributed by atoms with van der Waals surface area (Å²) < 4.78 is 25.8. The Morgan fingerprint density at radius 3 is 2.47 bits per heavy atom. The fourth-order valence-corrected chi connectivity index (χ4v) is 1.64. The monoisotopic (exact) mass is 272 g/mol. The second-order valence-corrected chi connectivity index (χ2v) is 4.37. The molecule has 0 saturated heterocycles. The second-order valence-electron chi connectivity index (χ2n) is 4.37. The summed E-state index contributed by atoms with van der Waals surface area (Å²) in [6, 6.07) is 2.87. The number of hydrogen-bond acceptors (Lipinski definition) is 3. The third-order valence-corrected chi connectivity index (χ3v) is 2.51. The first kappa shape index (κ1) is 15.5. The van der Waals surface area contributed by atoms with E-state index in [1.165, 1.54) is 0 Å². The van der Waals surface area contributed by atoms with Gasteiger partial charge in [-0.1, -0.05) is 0 Å². The Balaban J connectivity index is 2.42. The summed E-state index contributed by atoms with van der Waals surface area (Å²) in [6.07, 6.45) is 1.47. The first-order chi connectivity index (χ1) is 9.01. The predicted molar refractivity (Wildman–Crippen MR) is 68.8 cm³/mol. The Bertz CT molecular complexity index is 407. The van der Waals surface area contributed by atoms with Crippen LogP contribution >= 0.6 is 0 Å². The summed E-state index contributed by atoms with van der Waals surface area (Å²) in [5.74, 6) is -1.80. The Hall–Kier alpha value is -1.53. The number of anilines is 1. The molecule has 1 aromatic carbocycles. The highest BCUT2D eigenvalue weighted by atomic mass is 19.1. The number of unbranched alkanes of at least 4 members (excludes halogenated alkanes) is 1. The van der Waals surface area contributed by atoms with Crippen molar-refractivity contribution in [1.82, 2.24) is 4.90 Å². The van der Waals surface area contributed by atoms with E-state index in [0.717, 1.165) is 24.6 Å². The Morgan fingerprint density at radius 1 is 1.26 bits per heavy atom. The molecule has 0 saturated carbocycles. The minimum Gasteiger partial charge on any atom is -0.396 e. The summed E-state index contributed by atoms with van der Waals surface area (Å²) in [6.45, 7) is 0.928. The molecule has 1 amide bonds. The molecule has 0 atom stereocenters. The van der Waals surface area contributed by atoms with Crippen molar-refractivity contribution in [3.05, 3.63) is 29.8 Å². The van der Waals surface area contributed by atoms with Crippen molar-refractivity contribution in [3.63, 3.8) is 0 Å². The maximum atomic E-state index is 12.9. The van der Waals surface area contributed by atoms with Crippen LogP contribution in [-0.2, 0) is 4.79 Å². The van der Waals surface area contributed by atoms with Gasteiger partial charge >= 0.3 is 0 Å². The zero-order chi connectivity index (χ0) is 14.3. The molecule has 0 aliphatic rings. The van der Waals surface area contributed by atoms with Gasteiger partial charge in [0.1, 0.15) is 11.6 Å². The van der Waals surface area contributed by atoms with E-state index in [-0.39, 0.29) is 24.7 Å². The van der Waals surface area contributed by atoms with Gasteiger partial charge in [-0.05, 0) is 38.6 Å². The first-order valence-electron chi connectivity index (χ1n) is 6.06. The highest BCUT2D eigenvalue weighted by Crippen LogP contribution is 2.12. The molecule has 1 rings (SSSR count). The van der Waals surface area contributed by atoms with Crippen LogP contribution in [0, 0.1) is 11.6 Å². The van der Waals surface area contributed by atoms with E-state index >= 15 is 0 Å². The van der Waals surface area contributed by atoms with Gasteiger partial charge in [-0.25, -0.2) is 8.78 Å². The van der Waals surface area contributed by atoms with Crippen LogP contribution in [0.15, 0.2) is 18.2 Å². The van der Waals surface area contributed by atoms with Gasteiger partial charge in [-0.2, -0.15) is 0 Å². The van der Waals surface area contributed by atoms with E-state index in [9.17, 15) is 13.6 Å². The molecule has 0 aliphatic carbocycles. The molecule has 0 fully saturated rings. The van der Waals surface area contributed by atoms with Crippen LogP contribution in [0.25, 0.3) is 0 Å². The molecule has 0 unspecified atom stereocenters. The molecule has 0 aliphatic heterocycles. The highest BCUT2D eigenvalue weighted by molar-refractivity contribution is 5.92. The normalized spacial score (nSPS) is 10.8. The topological polar surface area (TPSA) is 52.6 Å². The van der Waals surface area contributed by atoms with Crippen LogP contribution in [-0.4, -0.2) is 42.7 Å². The van der Waals surface area contributed by atoms with Crippen LogP contribution in [0.2, 0.25) is 0 Å². The first-order valence-corrected chi connectivity index (χ1v) is 6.06. The molecule has 19 heavy (non-hydrogen) atoms. The third kappa shape index (κ3) is 6.26. The van der Waals surface area contributed by atoms with E-state index in [1.54, 1.807) is 11.9 Å². The van der Waals surface area contributed by atoms with E-state index < -0.39 is 11.6 Å². The van der Waals surface area contributed by atoms with Crippen molar-refractivity contribution < 1.29 is 18.7 Å². The molecule has 2 N–H and O–H groups in total. The van der Waals surface area contributed by atoms with E-state index in [4.69, 9.17) is 5.11 Å². The largest absolute Gasteiger partial charge is 0.396 e. The van der Waals surface area contributed by atoms with Crippen LogP contribution < -0.4 is 5.32 Å². The molecule has 6 heteroatoms. The van der Waals surface area contributed by atoms with E-state index in [2.05, 4.69) is 5.32 Å². The van der Waals surface area contributed by atoms with Gasteiger partial charge < -0.3 is 10.4 Å². The van der Waals surface area contributed by atoms with Gasteiger partial charge in [-0.15, -0.1) is 0 Å². The second kappa shape index (κ2) is 7.81. The summed E-state index contributed by atoms with van der Waals surface area (Å²) in [5.41, 5.74) is 0.103. The molecular formula is C13H18F2N2O2. The number of carbonyl (C=O) groups excluding carboxylic acids is 1. The van der Waals surface area contributed by atoms with Crippen LogP contribution in [0.1, 0.15) is 12.8 Å². The highest BCUT2D eigenvalue weighted by Gasteiger charge is 2.08. The lowest BCUT2D eigenvalue weighted by Crippen LogP contribution is -2.31. The summed E-state index contributed by atoms with van der Waals surface area (Å²) in [4.78, 5) is 13.4. The van der Waals surface area contributed by atoms with Crippen LogP contribution in [0.5, 0.6) is 0 Å². The molecule has 4 nitrogen and oxygen atoms in total. The minimum atomic E-state index is -0.730. The van der Waals surface area contributed by atoms with Crippen LogP contribution in [0.4, 0.5) is 14.5 Å². The number of nitrogens with one attached hydrogen (secondary N) is 1. The Kier molecular flexibility index (Phi) is 6.38. The molecule has 1 aromatic rings. The average molecular weight is 272 g/mol. The third-order valence-electron chi connectivity index (χ3n) is 2.51. The molecule has 0 aromatic heterocycles. The number of hydrogen-bond donors (Lipinski definition) is 2. The fraction of sp³-hybridized carbons (Fsp3) is 0.462. The molecule has 0 bridgehead atoms. The van der Waals surface area contributed by atoms with Gasteiger partial charge in [0, 0.05) is 18.4 Å². The Morgan fingerprint density at radius 2 is 1.89 bits per heavy atom. The number of aliphatic hydroxyl groups excluding tert-OH is 1. The zero-order valence-electron chi connectivity index (χ0n) is 10.8. The molecule has 106 valence electrons. The van der Waals surface area contributed by atoms with Gasteiger partial charge in [0.2, 0.25) is 5.91 Å². The van der Waals surface area contributed by atoms with Gasteiger partial charge in [-0.3, -0.25) is 9.69 Å².